The topological polar surface area (TPSA) is 127 Å². The van der Waals surface area contributed by atoms with Crippen molar-refractivity contribution in [3.63, 3.8) is 0 Å². The van der Waals surface area contributed by atoms with Gasteiger partial charge in [-0.05, 0) is 31.9 Å². The van der Waals surface area contributed by atoms with Crippen LogP contribution in [0, 0.1) is 11.3 Å². The zero-order chi connectivity index (χ0) is 18.9. The normalized spacial score (nSPS) is 12.1. The maximum Gasteiger partial charge on any atom is 0.188 e. The molecule has 0 bridgehead atoms. The lowest BCUT2D eigenvalue weighted by atomic mass is 10.1. The van der Waals surface area contributed by atoms with Crippen LogP contribution >= 0.6 is 24.0 Å². The Morgan fingerprint density at radius 1 is 1.41 bits per heavy atom. The lowest BCUT2D eigenvalue weighted by Gasteiger charge is -2.12. The summed E-state index contributed by atoms with van der Waals surface area (Å²) in [6, 6.07) is 11.7. The number of para-hydroxylation sites is 1. The molecule has 1 atom stereocenters. The van der Waals surface area contributed by atoms with Crippen molar-refractivity contribution in [2.45, 2.75) is 25.8 Å². The van der Waals surface area contributed by atoms with Gasteiger partial charge in [-0.3, -0.25) is 4.99 Å². The van der Waals surface area contributed by atoms with Gasteiger partial charge in [-0.2, -0.15) is 10.4 Å². The van der Waals surface area contributed by atoms with Crippen LogP contribution in [-0.2, 0) is 11.2 Å². The van der Waals surface area contributed by atoms with E-state index >= 15 is 0 Å². The Balaban J connectivity index is 0.00000364. The van der Waals surface area contributed by atoms with Gasteiger partial charge in [0.05, 0.1) is 18.0 Å². The van der Waals surface area contributed by atoms with Crippen LogP contribution in [0.5, 0.6) is 0 Å². The quantitative estimate of drug-likeness (QED) is 0.228. The number of benzene rings is 1. The second-order valence-corrected chi connectivity index (χ2v) is 5.94. The molecule has 0 amide bonds. The monoisotopic (exact) mass is 483 g/mol. The van der Waals surface area contributed by atoms with E-state index in [0.717, 1.165) is 5.69 Å². The molecule has 0 aliphatic rings. The van der Waals surface area contributed by atoms with Crippen LogP contribution < -0.4 is 16.8 Å². The highest BCUT2D eigenvalue weighted by Gasteiger charge is 2.16. The first-order chi connectivity index (χ1) is 12.6. The maximum atomic E-state index is 9.40. The number of guanidine groups is 1. The number of nitriles is 1. The molecule has 2 aromatic rings. The number of nitrogen functional groups attached to an aromatic ring is 1. The summed E-state index contributed by atoms with van der Waals surface area (Å²) in [7, 11) is 1.64. The molecule has 8 nitrogen and oxygen atoms in total. The number of halogens is 1. The van der Waals surface area contributed by atoms with Crippen LogP contribution in [0.2, 0.25) is 0 Å². The van der Waals surface area contributed by atoms with Gasteiger partial charge in [-0.15, -0.1) is 24.0 Å². The van der Waals surface area contributed by atoms with Gasteiger partial charge in [-0.25, -0.2) is 4.68 Å². The van der Waals surface area contributed by atoms with Gasteiger partial charge < -0.3 is 21.5 Å². The number of nitrogens with two attached hydrogens (primary N) is 2. The number of hydrogen-bond acceptors (Lipinski definition) is 5. The van der Waals surface area contributed by atoms with Crippen molar-refractivity contribution in [3.05, 3.63) is 41.6 Å². The third-order valence-electron chi connectivity index (χ3n) is 3.77. The molecule has 9 heteroatoms. The Morgan fingerprint density at radius 3 is 2.74 bits per heavy atom. The zero-order valence-electron chi connectivity index (χ0n) is 15.6. The van der Waals surface area contributed by atoms with Crippen LogP contribution in [0.15, 0.2) is 35.3 Å². The fourth-order valence-electron chi connectivity index (χ4n) is 2.58. The van der Waals surface area contributed by atoms with Crippen molar-refractivity contribution in [1.82, 2.24) is 15.1 Å². The molecular weight excluding hydrogens is 457 g/mol. The minimum atomic E-state index is 0. The molecule has 0 saturated heterocycles. The summed E-state index contributed by atoms with van der Waals surface area (Å²) in [6.07, 6.45) is 1.30. The predicted molar refractivity (Wildman–Crippen MR) is 117 cm³/mol. The number of ether oxygens (including phenoxy) is 1. The number of anilines is 1. The molecule has 0 fully saturated rings. The molecule has 0 spiro atoms. The summed E-state index contributed by atoms with van der Waals surface area (Å²) >= 11 is 0. The first kappa shape index (κ1) is 22.7. The van der Waals surface area contributed by atoms with Crippen LogP contribution in [0.1, 0.15) is 24.6 Å². The number of aryl methyl sites for hydroxylation is 1. The van der Waals surface area contributed by atoms with Crippen molar-refractivity contribution in [2.75, 3.05) is 26.0 Å². The average molecular weight is 483 g/mol. The lowest BCUT2D eigenvalue weighted by molar-refractivity contribution is 0.179. The molecule has 0 aliphatic carbocycles. The summed E-state index contributed by atoms with van der Waals surface area (Å²) in [5.41, 5.74) is 13.8. The zero-order valence-corrected chi connectivity index (χ0v) is 17.9. The molecule has 0 aliphatic heterocycles. The summed E-state index contributed by atoms with van der Waals surface area (Å²) in [6.45, 7) is 3.05. The number of nitrogens with zero attached hydrogens (tertiary/aromatic N) is 4. The molecule has 0 radical (unpaired) electrons. The number of hydrogen-bond donors (Lipinski definition) is 3. The van der Waals surface area contributed by atoms with E-state index in [4.69, 9.17) is 16.2 Å². The van der Waals surface area contributed by atoms with Gasteiger partial charge in [0.1, 0.15) is 17.5 Å². The highest BCUT2D eigenvalue weighted by molar-refractivity contribution is 14.0. The minimum Gasteiger partial charge on any atom is -0.383 e. The number of rotatable bonds is 8. The highest BCUT2D eigenvalue weighted by atomic mass is 127. The Bertz CT molecular complexity index is 783. The Morgan fingerprint density at radius 2 is 2.11 bits per heavy atom. The summed E-state index contributed by atoms with van der Waals surface area (Å²) in [5, 5.41) is 16.9. The van der Waals surface area contributed by atoms with Crippen molar-refractivity contribution >= 4 is 35.8 Å². The molecule has 1 aromatic carbocycles. The van der Waals surface area contributed by atoms with Gasteiger partial charge in [0.25, 0.3) is 0 Å². The number of aliphatic imine (C=N–C) groups is 1. The van der Waals surface area contributed by atoms with Gasteiger partial charge in [0, 0.05) is 19.7 Å². The summed E-state index contributed by atoms with van der Waals surface area (Å²) in [5.74, 6) is 0.733. The van der Waals surface area contributed by atoms with Crippen molar-refractivity contribution in [3.8, 4) is 11.8 Å². The second-order valence-electron chi connectivity index (χ2n) is 5.94. The summed E-state index contributed by atoms with van der Waals surface area (Å²) < 4.78 is 6.63. The number of methoxy groups -OCH3 is 1. The largest absolute Gasteiger partial charge is 0.383 e. The van der Waals surface area contributed by atoms with Crippen LogP contribution in [-0.4, -0.2) is 42.0 Å². The average Bonchev–Trinajstić information content (AvgIpc) is 2.95. The molecule has 27 heavy (non-hydrogen) atoms. The minimum absolute atomic E-state index is 0. The first-order valence-corrected chi connectivity index (χ1v) is 8.45. The molecule has 0 saturated carbocycles. The second kappa shape index (κ2) is 11.4. The Kier molecular flexibility index (Phi) is 9.60. The standard InChI is InChI=1S/C18H25N7O.HI/c1-13(12-26-2)23-18(21)22-10-6-9-16-15(11-19)17(20)25(24-16)14-7-4-3-5-8-14;/h3-5,7-8,13H,6,9-10,12,20H2,1-2H3,(H3,21,22,23);1H. The van der Waals surface area contributed by atoms with E-state index in [0.29, 0.717) is 49.0 Å². The fraction of sp³-hybridized carbons (Fsp3) is 0.389. The summed E-state index contributed by atoms with van der Waals surface area (Å²) in [4.78, 5) is 4.28. The third-order valence-corrected chi connectivity index (χ3v) is 3.77. The molecule has 1 heterocycles. The molecule has 1 aromatic heterocycles. The van der Waals surface area contributed by atoms with Crippen LogP contribution in [0.4, 0.5) is 5.82 Å². The van der Waals surface area contributed by atoms with Crippen LogP contribution in [0.25, 0.3) is 5.69 Å². The molecule has 1 unspecified atom stereocenters. The van der Waals surface area contributed by atoms with Crippen molar-refractivity contribution in [2.24, 2.45) is 10.7 Å². The Labute approximate surface area is 176 Å². The van der Waals surface area contributed by atoms with Crippen molar-refractivity contribution < 1.29 is 4.74 Å². The molecule has 146 valence electrons. The highest BCUT2D eigenvalue weighted by Crippen LogP contribution is 2.21. The van der Waals surface area contributed by atoms with Gasteiger partial charge in [0.2, 0.25) is 0 Å². The maximum absolute atomic E-state index is 9.40. The van der Waals surface area contributed by atoms with Crippen LogP contribution in [0.3, 0.4) is 0 Å². The first-order valence-electron chi connectivity index (χ1n) is 8.45. The van der Waals surface area contributed by atoms with Crippen molar-refractivity contribution in [1.29, 1.82) is 5.26 Å². The molecule has 2 rings (SSSR count). The van der Waals surface area contributed by atoms with Gasteiger partial charge >= 0.3 is 0 Å². The van der Waals surface area contributed by atoms with E-state index in [2.05, 4.69) is 21.5 Å². The van der Waals surface area contributed by atoms with E-state index in [-0.39, 0.29) is 30.0 Å². The lowest BCUT2D eigenvalue weighted by Crippen LogP contribution is -2.40. The molecule has 5 N–H and O–H groups in total. The predicted octanol–water partition coefficient (Wildman–Crippen LogP) is 1.82. The van der Waals surface area contributed by atoms with E-state index in [1.54, 1.807) is 11.8 Å². The third kappa shape index (κ3) is 6.41. The van der Waals surface area contributed by atoms with E-state index in [1.807, 2.05) is 37.3 Å². The fourth-order valence-corrected chi connectivity index (χ4v) is 2.58. The van der Waals surface area contributed by atoms with Gasteiger partial charge in [0.15, 0.2) is 5.96 Å². The number of aromatic nitrogens is 2. The molecular formula is C18H26IN7O. The van der Waals surface area contributed by atoms with E-state index in [1.165, 1.54) is 0 Å². The van der Waals surface area contributed by atoms with Gasteiger partial charge in [-0.1, -0.05) is 18.2 Å². The number of nitrogens with one attached hydrogen (secondary N) is 1. The van der Waals surface area contributed by atoms with E-state index < -0.39 is 0 Å². The SMILES string of the molecule is COCC(C)NC(N)=NCCCc1nn(-c2ccccc2)c(N)c1C#N.I. The van der Waals surface area contributed by atoms with E-state index in [9.17, 15) is 5.26 Å². The smallest absolute Gasteiger partial charge is 0.188 e. The Hall–Kier alpha value is -2.32.